The van der Waals surface area contributed by atoms with Crippen molar-refractivity contribution in [3.63, 3.8) is 0 Å². The van der Waals surface area contributed by atoms with Crippen LogP contribution in [-0.2, 0) is 4.79 Å². The summed E-state index contributed by atoms with van der Waals surface area (Å²) in [6.45, 7) is 13.2. The third-order valence-electron chi connectivity index (χ3n) is 3.78. The first-order valence-electron chi connectivity index (χ1n) is 6.69. The average molecular weight is 241 g/mol. The second-order valence-electron chi connectivity index (χ2n) is 5.70. The number of amides is 1. The lowest BCUT2D eigenvalue weighted by molar-refractivity contribution is -0.126. The second kappa shape index (κ2) is 6.36. The summed E-state index contributed by atoms with van der Waals surface area (Å²) < 4.78 is 0. The van der Waals surface area contributed by atoms with Gasteiger partial charge in [-0.2, -0.15) is 0 Å². The molecule has 0 spiro atoms. The van der Waals surface area contributed by atoms with E-state index in [-0.39, 0.29) is 17.4 Å². The summed E-state index contributed by atoms with van der Waals surface area (Å²) in [4.78, 5) is 14.3. The molecule has 0 saturated carbocycles. The van der Waals surface area contributed by atoms with Gasteiger partial charge in [-0.3, -0.25) is 9.69 Å². The van der Waals surface area contributed by atoms with Crippen LogP contribution in [0.4, 0.5) is 0 Å². The zero-order valence-corrected chi connectivity index (χ0v) is 11.7. The summed E-state index contributed by atoms with van der Waals surface area (Å²) in [5.41, 5.74) is 0.193. The molecule has 0 aromatic heterocycles. The summed E-state index contributed by atoms with van der Waals surface area (Å²) in [5.74, 6) is 0.161. The van der Waals surface area contributed by atoms with Gasteiger partial charge in [0, 0.05) is 32.7 Å². The van der Waals surface area contributed by atoms with Gasteiger partial charge >= 0.3 is 0 Å². The topological polar surface area (TPSA) is 44.4 Å². The Kier molecular flexibility index (Phi) is 5.40. The van der Waals surface area contributed by atoms with E-state index in [0.717, 1.165) is 39.1 Å². The van der Waals surface area contributed by atoms with Crippen LogP contribution in [0.25, 0.3) is 0 Å². The molecule has 0 aromatic carbocycles. The first kappa shape index (κ1) is 14.5. The third kappa shape index (κ3) is 4.64. The maximum Gasteiger partial charge on any atom is 0.237 e. The van der Waals surface area contributed by atoms with Crippen LogP contribution >= 0.6 is 0 Å². The van der Waals surface area contributed by atoms with E-state index in [9.17, 15) is 4.79 Å². The first-order chi connectivity index (χ1) is 7.96. The lowest BCUT2D eigenvalue weighted by atomic mass is 9.90. The van der Waals surface area contributed by atoms with Crippen LogP contribution in [-0.4, -0.2) is 49.6 Å². The lowest BCUT2D eigenvalue weighted by Crippen LogP contribution is -2.53. The molecule has 0 radical (unpaired) electrons. The summed E-state index contributed by atoms with van der Waals surface area (Å²) in [6, 6.07) is -0.00949. The van der Waals surface area contributed by atoms with Crippen molar-refractivity contribution in [2.75, 3.05) is 32.7 Å². The third-order valence-corrected chi connectivity index (χ3v) is 3.78. The van der Waals surface area contributed by atoms with Gasteiger partial charge in [0.1, 0.15) is 0 Å². The van der Waals surface area contributed by atoms with Crippen molar-refractivity contribution >= 4 is 5.91 Å². The van der Waals surface area contributed by atoms with Gasteiger partial charge < -0.3 is 10.6 Å². The van der Waals surface area contributed by atoms with Crippen LogP contribution in [0.3, 0.4) is 0 Å². The minimum atomic E-state index is -0.00949. The van der Waals surface area contributed by atoms with Crippen LogP contribution in [0.15, 0.2) is 0 Å². The molecule has 1 heterocycles. The monoisotopic (exact) mass is 241 g/mol. The van der Waals surface area contributed by atoms with E-state index in [1.165, 1.54) is 0 Å². The Bertz CT molecular complexity index is 247. The van der Waals surface area contributed by atoms with Gasteiger partial charge in [0.2, 0.25) is 5.91 Å². The van der Waals surface area contributed by atoms with Crippen LogP contribution in [0.5, 0.6) is 0 Å². The van der Waals surface area contributed by atoms with Crippen molar-refractivity contribution in [2.45, 2.75) is 40.2 Å². The average Bonchev–Trinajstić information content (AvgIpc) is 2.36. The fourth-order valence-electron chi connectivity index (χ4n) is 1.83. The Balaban J connectivity index is 2.36. The molecule has 1 rings (SSSR count). The largest absolute Gasteiger partial charge is 0.354 e. The first-order valence-corrected chi connectivity index (χ1v) is 6.69. The van der Waals surface area contributed by atoms with E-state index < -0.39 is 0 Å². The molecule has 0 aliphatic carbocycles. The molecule has 1 unspecified atom stereocenters. The molecule has 1 aliphatic rings. The highest BCUT2D eigenvalue weighted by Crippen LogP contribution is 2.17. The highest BCUT2D eigenvalue weighted by molar-refractivity contribution is 5.81. The molecule has 1 fully saturated rings. The van der Waals surface area contributed by atoms with Crippen LogP contribution in [0.1, 0.15) is 34.1 Å². The molecule has 1 aliphatic heterocycles. The highest BCUT2D eigenvalue weighted by atomic mass is 16.2. The lowest BCUT2D eigenvalue weighted by Gasteiger charge is -2.32. The number of rotatable bonds is 5. The molecular weight excluding hydrogens is 214 g/mol. The standard InChI is InChI=1S/C13H27N3O/c1-5-13(3,4)10-15-12(17)11(2)16-8-6-14-7-9-16/h11,14H,5-10H2,1-4H3,(H,15,17). The van der Waals surface area contributed by atoms with Crippen molar-refractivity contribution in [3.8, 4) is 0 Å². The normalized spacial score (nSPS) is 20.0. The molecule has 0 aromatic rings. The van der Waals surface area contributed by atoms with E-state index >= 15 is 0 Å². The van der Waals surface area contributed by atoms with Crippen molar-refractivity contribution in [3.05, 3.63) is 0 Å². The second-order valence-corrected chi connectivity index (χ2v) is 5.70. The number of nitrogens with one attached hydrogen (secondary N) is 2. The minimum Gasteiger partial charge on any atom is -0.354 e. The molecule has 4 heteroatoms. The summed E-state index contributed by atoms with van der Waals surface area (Å²) in [6.07, 6.45) is 1.08. The van der Waals surface area contributed by atoms with Gasteiger partial charge in [-0.25, -0.2) is 0 Å². The van der Waals surface area contributed by atoms with Crippen molar-refractivity contribution in [2.24, 2.45) is 5.41 Å². The summed E-state index contributed by atoms with van der Waals surface area (Å²) >= 11 is 0. The minimum absolute atomic E-state index is 0.00949. The fourth-order valence-corrected chi connectivity index (χ4v) is 1.83. The van der Waals surface area contributed by atoms with Gasteiger partial charge in [0.25, 0.3) is 0 Å². The molecule has 17 heavy (non-hydrogen) atoms. The number of piperazine rings is 1. The number of carbonyl (C=O) groups excluding carboxylic acids is 1. The van der Waals surface area contributed by atoms with E-state index in [1.54, 1.807) is 0 Å². The zero-order chi connectivity index (χ0) is 12.9. The Hall–Kier alpha value is -0.610. The number of hydrogen-bond donors (Lipinski definition) is 2. The maximum absolute atomic E-state index is 12.0. The molecule has 1 atom stereocenters. The molecule has 1 amide bonds. The van der Waals surface area contributed by atoms with Crippen LogP contribution < -0.4 is 10.6 Å². The molecular formula is C13H27N3O. The van der Waals surface area contributed by atoms with Gasteiger partial charge in [-0.1, -0.05) is 20.8 Å². The SMILES string of the molecule is CCC(C)(C)CNC(=O)C(C)N1CCNCC1. The predicted octanol–water partition coefficient (Wildman–Crippen LogP) is 0.833. The van der Waals surface area contributed by atoms with Gasteiger partial charge in [-0.15, -0.1) is 0 Å². The number of nitrogens with zero attached hydrogens (tertiary/aromatic N) is 1. The van der Waals surface area contributed by atoms with E-state index in [2.05, 4.69) is 36.3 Å². The van der Waals surface area contributed by atoms with E-state index in [1.807, 2.05) is 6.92 Å². The van der Waals surface area contributed by atoms with Gasteiger partial charge in [-0.05, 0) is 18.8 Å². The molecule has 0 bridgehead atoms. The van der Waals surface area contributed by atoms with Crippen LogP contribution in [0, 0.1) is 5.41 Å². The Morgan fingerprint density at radius 1 is 1.41 bits per heavy atom. The molecule has 2 N–H and O–H groups in total. The van der Waals surface area contributed by atoms with Crippen molar-refractivity contribution in [1.29, 1.82) is 0 Å². The van der Waals surface area contributed by atoms with E-state index in [4.69, 9.17) is 0 Å². The highest BCUT2D eigenvalue weighted by Gasteiger charge is 2.24. The van der Waals surface area contributed by atoms with Gasteiger partial charge in [0.15, 0.2) is 0 Å². The molecule has 4 nitrogen and oxygen atoms in total. The Morgan fingerprint density at radius 2 is 2.00 bits per heavy atom. The Morgan fingerprint density at radius 3 is 2.53 bits per heavy atom. The maximum atomic E-state index is 12.0. The van der Waals surface area contributed by atoms with Gasteiger partial charge in [0.05, 0.1) is 6.04 Å². The smallest absolute Gasteiger partial charge is 0.237 e. The summed E-state index contributed by atoms with van der Waals surface area (Å²) in [5, 5.41) is 6.37. The predicted molar refractivity (Wildman–Crippen MR) is 71.0 cm³/mol. The Labute approximate surface area is 105 Å². The zero-order valence-electron chi connectivity index (χ0n) is 11.7. The van der Waals surface area contributed by atoms with Crippen molar-refractivity contribution in [1.82, 2.24) is 15.5 Å². The quantitative estimate of drug-likeness (QED) is 0.749. The fraction of sp³-hybridized carbons (Fsp3) is 0.923. The van der Waals surface area contributed by atoms with Crippen molar-refractivity contribution < 1.29 is 4.79 Å². The van der Waals surface area contributed by atoms with Crippen LogP contribution in [0.2, 0.25) is 0 Å². The molecule has 1 saturated heterocycles. The van der Waals surface area contributed by atoms with E-state index in [0.29, 0.717) is 0 Å². The molecule has 100 valence electrons. The number of hydrogen-bond acceptors (Lipinski definition) is 3. The number of carbonyl (C=O) groups is 1. The summed E-state index contributed by atoms with van der Waals surface area (Å²) in [7, 11) is 0.